The van der Waals surface area contributed by atoms with Crippen molar-refractivity contribution in [3.8, 4) is 0 Å². The predicted molar refractivity (Wildman–Crippen MR) is 98.3 cm³/mol. The molecule has 1 aromatic heterocycles. The van der Waals surface area contributed by atoms with Crippen LogP contribution in [0.1, 0.15) is 23.4 Å². The lowest BCUT2D eigenvalue weighted by atomic mass is 9.88. The Morgan fingerprint density at radius 1 is 1.33 bits per heavy atom. The molecule has 1 fully saturated rings. The fraction of sp³-hybridized carbons (Fsp3) is 0.421. The molecule has 8 heteroatoms. The van der Waals surface area contributed by atoms with Crippen molar-refractivity contribution in [3.63, 3.8) is 0 Å². The van der Waals surface area contributed by atoms with Crippen LogP contribution in [0.3, 0.4) is 0 Å². The number of carbonyl (C=O) groups is 1. The lowest BCUT2D eigenvalue weighted by Crippen LogP contribution is -2.48. The van der Waals surface area contributed by atoms with Crippen molar-refractivity contribution in [3.05, 3.63) is 45.4 Å². The fourth-order valence-corrected chi connectivity index (χ4v) is 4.77. The van der Waals surface area contributed by atoms with Crippen molar-refractivity contribution in [2.75, 3.05) is 11.9 Å². The Bertz CT molecular complexity index is 1000. The minimum atomic E-state index is -2.65. The molecule has 1 saturated carbocycles. The van der Waals surface area contributed by atoms with E-state index in [-0.39, 0.29) is 12.3 Å². The van der Waals surface area contributed by atoms with Gasteiger partial charge in [0, 0.05) is 24.3 Å². The van der Waals surface area contributed by atoms with Crippen LogP contribution in [0.5, 0.6) is 0 Å². The van der Waals surface area contributed by atoms with E-state index < -0.39 is 18.0 Å². The van der Waals surface area contributed by atoms with E-state index in [2.05, 4.69) is 15.3 Å². The van der Waals surface area contributed by atoms with E-state index >= 15 is 0 Å². The average Bonchev–Trinajstić information content (AvgIpc) is 3.27. The molecule has 2 atom stereocenters. The van der Waals surface area contributed by atoms with Gasteiger partial charge in [-0.05, 0) is 23.8 Å². The maximum absolute atomic E-state index is 13.5. The van der Waals surface area contributed by atoms with Gasteiger partial charge in [-0.1, -0.05) is 29.5 Å². The molecule has 2 aliphatic heterocycles. The molecule has 0 bridgehead atoms. The highest BCUT2D eigenvalue weighted by atomic mass is 32.1. The molecule has 3 heterocycles. The van der Waals surface area contributed by atoms with E-state index in [1.54, 1.807) is 4.90 Å². The van der Waals surface area contributed by atoms with Crippen molar-refractivity contribution < 1.29 is 13.6 Å². The van der Waals surface area contributed by atoms with E-state index in [0.29, 0.717) is 31.1 Å². The highest BCUT2D eigenvalue weighted by molar-refractivity contribution is 7.15. The summed E-state index contributed by atoms with van der Waals surface area (Å²) in [4.78, 5) is 24.6. The second kappa shape index (κ2) is 6.09. The van der Waals surface area contributed by atoms with Crippen LogP contribution < -0.4 is 15.9 Å². The van der Waals surface area contributed by atoms with Crippen molar-refractivity contribution in [2.45, 2.75) is 43.8 Å². The molecule has 0 radical (unpaired) electrons. The zero-order valence-electron chi connectivity index (χ0n) is 14.5. The third-order valence-corrected chi connectivity index (χ3v) is 6.44. The Kier molecular flexibility index (Phi) is 3.79. The largest absolute Gasteiger partial charge is 0.353 e. The summed E-state index contributed by atoms with van der Waals surface area (Å²) in [6.45, 7) is 1.04. The fourth-order valence-electron chi connectivity index (χ4n) is 3.70. The highest BCUT2D eigenvalue weighted by Gasteiger charge is 2.48. The molecule has 1 aliphatic carbocycles. The number of aromatic nitrogens is 1. The number of nitrogens with zero attached hydrogens (tertiary/aromatic N) is 3. The number of halogens is 2. The minimum absolute atomic E-state index is 0.0229. The molecule has 1 N–H and O–H groups in total. The van der Waals surface area contributed by atoms with Gasteiger partial charge in [0.15, 0.2) is 5.13 Å². The number of nitrogens with one attached hydrogen (secondary N) is 1. The summed E-state index contributed by atoms with van der Waals surface area (Å²) >= 11 is 1.37. The van der Waals surface area contributed by atoms with Crippen LogP contribution in [0, 0.1) is 0 Å². The molecule has 2 unspecified atom stereocenters. The quantitative estimate of drug-likeness (QED) is 0.871. The number of carbonyl (C=O) groups excluding carboxylic acids is 1. The van der Waals surface area contributed by atoms with Gasteiger partial charge in [-0.15, -0.1) is 0 Å². The third kappa shape index (κ3) is 2.92. The number of rotatable bonds is 3. The first kappa shape index (κ1) is 16.8. The van der Waals surface area contributed by atoms with Crippen LogP contribution in [0.25, 0.3) is 6.08 Å². The number of benzene rings is 1. The molecule has 0 spiro atoms. The number of anilines is 1. The summed E-state index contributed by atoms with van der Waals surface area (Å²) < 4.78 is 26.9. The maximum atomic E-state index is 13.5. The zero-order chi connectivity index (χ0) is 18.6. The number of thiazole rings is 1. The first-order valence-corrected chi connectivity index (χ1v) is 9.88. The Morgan fingerprint density at radius 2 is 2.19 bits per heavy atom. The van der Waals surface area contributed by atoms with Gasteiger partial charge in [0.25, 0.3) is 11.8 Å². The van der Waals surface area contributed by atoms with E-state index in [1.165, 1.54) is 11.3 Å². The predicted octanol–water partition coefficient (Wildman–Crippen LogP) is 1.72. The average molecular weight is 388 g/mol. The first-order chi connectivity index (χ1) is 13.0. The monoisotopic (exact) mass is 388 g/mol. The number of hydrogen-bond donors (Lipinski definition) is 1. The van der Waals surface area contributed by atoms with E-state index in [9.17, 15) is 13.6 Å². The molecule has 3 aliphatic rings. The van der Waals surface area contributed by atoms with Crippen molar-refractivity contribution in [1.82, 2.24) is 9.88 Å². The molecular formula is C19H18F2N4OS. The van der Waals surface area contributed by atoms with Gasteiger partial charge in [0.1, 0.15) is 6.04 Å². The van der Waals surface area contributed by atoms with E-state index in [0.717, 1.165) is 21.1 Å². The minimum Gasteiger partial charge on any atom is -0.353 e. The van der Waals surface area contributed by atoms with Crippen LogP contribution in [0.2, 0.25) is 0 Å². The van der Waals surface area contributed by atoms with Crippen molar-refractivity contribution in [1.29, 1.82) is 0 Å². The van der Waals surface area contributed by atoms with Crippen molar-refractivity contribution in [2.24, 2.45) is 4.99 Å². The summed E-state index contributed by atoms with van der Waals surface area (Å²) in [7, 11) is 0. The number of fused-ring (bicyclic) bond motifs is 2. The van der Waals surface area contributed by atoms with Crippen LogP contribution in [0.15, 0.2) is 29.3 Å². The Morgan fingerprint density at radius 3 is 2.93 bits per heavy atom. The summed E-state index contributed by atoms with van der Waals surface area (Å²) in [6.07, 6.45) is 2.93. The van der Waals surface area contributed by atoms with Crippen LogP contribution in [-0.2, 0) is 17.8 Å². The van der Waals surface area contributed by atoms with Crippen molar-refractivity contribution >= 4 is 28.5 Å². The molecule has 27 heavy (non-hydrogen) atoms. The van der Waals surface area contributed by atoms with E-state index in [4.69, 9.17) is 0 Å². The van der Waals surface area contributed by atoms with E-state index in [1.807, 2.05) is 30.3 Å². The molecule has 0 saturated heterocycles. The standard InChI is InChI=1S/C19H18F2N4OS/c20-19(21)7-5-16(19)24-18-23-13-6-8-25(10-15(13)27-18)17(26)14-9-11-3-1-2-4-12(11)22-14/h1-4,9,14,16H,5-8,10H2,(H,23,24). The normalized spacial score (nSPS) is 24.9. The van der Waals surface area contributed by atoms with Gasteiger partial charge in [-0.3, -0.25) is 9.79 Å². The molecule has 1 aromatic carbocycles. The van der Waals surface area contributed by atoms with Gasteiger partial charge in [-0.25, -0.2) is 13.8 Å². The van der Waals surface area contributed by atoms with Crippen LogP contribution in [-0.4, -0.2) is 40.3 Å². The van der Waals surface area contributed by atoms with Gasteiger partial charge in [-0.2, -0.15) is 0 Å². The molecule has 1 amide bonds. The van der Waals surface area contributed by atoms with Crippen LogP contribution >= 0.6 is 11.3 Å². The summed E-state index contributed by atoms with van der Waals surface area (Å²) in [5.74, 6) is -2.67. The van der Waals surface area contributed by atoms with Gasteiger partial charge < -0.3 is 10.2 Å². The topological polar surface area (TPSA) is 57.6 Å². The Labute approximate surface area is 158 Å². The number of alkyl halides is 2. The molecule has 140 valence electrons. The molecule has 2 aromatic rings. The Hall–Kier alpha value is -2.35. The Balaban J connectivity index is 1.30. The van der Waals surface area contributed by atoms with Gasteiger partial charge in [0.05, 0.1) is 23.6 Å². The summed E-state index contributed by atoms with van der Waals surface area (Å²) in [5.41, 5.74) is 0.907. The summed E-state index contributed by atoms with van der Waals surface area (Å²) in [6, 6.07) is 6.40. The lowest BCUT2D eigenvalue weighted by molar-refractivity contribution is -0.131. The SMILES string of the molecule is O=C(C1C=c2ccccc2=N1)N1CCc2nc(NC3CCC3(F)F)sc2C1. The smallest absolute Gasteiger partial charge is 0.267 e. The number of amides is 1. The number of para-hydroxylation sites is 1. The van der Waals surface area contributed by atoms with Gasteiger partial charge >= 0.3 is 0 Å². The molecule has 5 nitrogen and oxygen atoms in total. The molecular weight excluding hydrogens is 370 g/mol. The highest BCUT2D eigenvalue weighted by Crippen LogP contribution is 2.40. The second-order valence-electron chi connectivity index (χ2n) is 7.19. The first-order valence-electron chi connectivity index (χ1n) is 9.06. The summed E-state index contributed by atoms with van der Waals surface area (Å²) in [5, 5.41) is 5.23. The lowest BCUT2D eigenvalue weighted by Gasteiger charge is -2.36. The third-order valence-electron chi connectivity index (χ3n) is 5.42. The van der Waals surface area contributed by atoms with Crippen LogP contribution in [0.4, 0.5) is 13.9 Å². The van der Waals surface area contributed by atoms with Gasteiger partial charge in [0.2, 0.25) is 0 Å². The number of hydrogen-bond acceptors (Lipinski definition) is 5. The zero-order valence-corrected chi connectivity index (χ0v) is 15.3. The second-order valence-corrected chi connectivity index (χ2v) is 8.28. The molecule has 5 rings (SSSR count). The maximum Gasteiger partial charge on any atom is 0.267 e.